The van der Waals surface area contributed by atoms with Crippen LogP contribution in [-0.2, 0) is 9.59 Å². The number of benzene rings is 3. The Kier molecular flexibility index (Phi) is 6.14. The first-order valence-corrected chi connectivity index (χ1v) is 10.7. The number of amides is 1. The summed E-state index contributed by atoms with van der Waals surface area (Å²) in [5.74, 6) is -1.47. The molecule has 4 rings (SSSR count). The van der Waals surface area contributed by atoms with Crippen molar-refractivity contribution < 1.29 is 24.4 Å². The Balaban J connectivity index is 1.91. The molecule has 3 aromatic rings. The number of nitrogens with zero attached hydrogens (tertiary/aromatic N) is 2. The molecule has 1 heterocycles. The molecule has 1 aliphatic heterocycles. The summed E-state index contributed by atoms with van der Waals surface area (Å²) in [4.78, 5) is 38.2. The van der Waals surface area contributed by atoms with Crippen LogP contribution in [0.5, 0.6) is 5.75 Å². The van der Waals surface area contributed by atoms with Crippen molar-refractivity contribution in [2.24, 2.45) is 0 Å². The zero-order chi connectivity index (χ0) is 24.4. The summed E-state index contributed by atoms with van der Waals surface area (Å²) < 4.78 is 5.60. The van der Waals surface area contributed by atoms with Gasteiger partial charge >= 0.3 is 0 Å². The average Bonchev–Trinajstić information content (AvgIpc) is 3.10. The number of aliphatic hydroxyl groups is 1. The minimum absolute atomic E-state index is 0.104. The van der Waals surface area contributed by atoms with Crippen LogP contribution in [-0.4, -0.2) is 28.3 Å². The number of ketones is 1. The van der Waals surface area contributed by atoms with E-state index in [0.29, 0.717) is 23.6 Å². The molecule has 8 heteroatoms. The number of nitro groups is 1. The third kappa shape index (κ3) is 4.13. The van der Waals surface area contributed by atoms with E-state index in [1.807, 2.05) is 26.0 Å². The number of rotatable bonds is 6. The lowest BCUT2D eigenvalue weighted by Gasteiger charge is -2.26. The molecule has 0 radical (unpaired) electrons. The van der Waals surface area contributed by atoms with E-state index in [2.05, 4.69) is 0 Å². The first kappa shape index (κ1) is 22.7. The van der Waals surface area contributed by atoms with Crippen LogP contribution in [0.15, 0.2) is 78.4 Å². The Morgan fingerprint density at radius 1 is 1.06 bits per heavy atom. The summed E-state index contributed by atoms with van der Waals surface area (Å²) in [7, 11) is 0. The standard InChI is InChI=1S/C26H22N2O6/c1-3-34-21-6-4-5-18(15-21)23-22(24(29)17-9-13-20(14-10-17)28(32)33)25(30)26(31)27(23)19-11-7-16(2)8-12-19/h4-15,23,29H,3H2,1-2H3/b24-22+. The Morgan fingerprint density at radius 3 is 2.35 bits per heavy atom. The fourth-order valence-corrected chi connectivity index (χ4v) is 3.96. The van der Waals surface area contributed by atoms with Gasteiger partial charge in [0, 0.05) is 23.4 Å². The highest BCUT2D eigenvalue weighted by Gasteiger charge is 2.47. The van der Waals surface area contributed by atoms with E-state index in [4.69, 9.17) is 4.74 Å². The van der Waals surface area contributed by atoms with Crippen molar-refractivity contribution in [1.82, 2.24) is 0 Å². The molecule has 172 valence electrons. The highest BCUT2D eigenvalue weighted by molar-refractivity contribution is 6.51. The molecule has 1 aliphatic rings. The maximum Gasteiger partial charge on any atom is 0.300 e. The van der Waals surface area contributed by atoms with E-state index >= 15 is 0 Å². The Bertz CT molecular complexity index is 1300. The van der Waals surface area contributed by atoms with E-state index in [0.717, 1.165) is 5.56 Å². The lowest BCUT2D eigenvalue weighted by atomic mass is 9.95. The van der Waals surface area contributed by atoms with Gasteiger partial charge in [0.05, 0.1) is 23.1 Å². The monoisotopic (exact) mass is 458 g/mol. The fourth-order valence-electron chi connectivity index (χ4n) is 3.96. The van der Waals surface area contributed by atoms with E-state index in [-0.39, 0.29) is 16.8 Å². The lowest BCUT2D eigenvalue weighted by molar-refractivity contribution is -0.384. The van der Waals surface area contributed by atoms with Crippen molar-refractivity contribution in [2.45, 2.75) is 19.9 Å². The second-order valence-corrected chi connectivity index (χ2v) is 7.81. The number of aryl methyl sites for hydroxylation is 1. The maximum atomic E-state index is 13.2. The van der Waals surface area contributed by atoms with Crippen molar-refractivity contribution in [1.29, 1.82) is 0 Å². The number of ether oxygens (including phenoxy) is 1. The van der Waals surface area contributed by atoms with Crippen LogP contribution < -0.4 is 9.64 Å². The number of anilines is 1. The minimum atomic E-state index is -0.918. The highest BCUT2D eigenvalue weighted by atomic mass is 16.6. The van der Waals surface area contributed by atoms with Gasteiger partial charge in [0.1, 0.15) is 11.5 Å². The zero-order valence-corrected chi connectivity index (χ0v) is 18.6. The van der Waals surface area contributed by atoms with Gasteiger partial charge in [-0.15, -0.1) is 0 Å². The second-order valence-electron chi connectivity index (χ2n) is 7.81. The summed E-state index contributed by atoms with van der Waals surface area (Å²) >= 11 is 0. The zero-order valence-electron chi connectivity index (χ0n) is 18.6. The Morgan fingerprint density at radius 2 is 1.74 bits per heavy atom. The van der Waals surface area contributed by atoms with Crippen molar-refractivity contribution in [3.05, 3.63) is 105 Å². The molecule has 1 saturated heterocycles. The van der Waals surface area contributed by atoms with Crippen LogP contribution in [0.2, 0.25) is 0 Å². The van der Waals surface area contributed by atoms with Crippen LogP contribution in [0.3, 0.4) is 0 Å². The van der Waals surface area contributed by atoms with Crippen LogP contribution in [0.25, 0.3) is 5.76 Å². The van der Waals surface area contributed by atoms with Gasteiger partial charge in [0.25, 0.3) is 17.4 Å². The third-order valence-corrected chi connectivity index (χ3v) is 5.59. The predicted octanol–water partition coefficient (Wildman–Crippen LogP) is 4.93. The van der Waals surface area contributed by atoms with E-state index in [9.17, 15) is 24.8 Å². The molecular weight excluding hydrogens is 436 g/mol. The van der Waals surface area contributed by atoms with E-state index < -0.39 is 28.4 Å². The SMILES string of the molecule is CCOc1cccc(C2/C(=C(\O)c3ccc([N+](=O)[O-])cc3)C(=O)C(=O)N2c2ccc(C)cc2)c1. The summed E-state index contributed by atoms with van der Waals surface area (Å²) in [6.07, 6.45) is 0. The first-order valence-electron chi connectivity index (χ1n) is 10.7. The van der Waals surface area contributed by atoms with Crippen molar-refractivity contribution in [3.63, 3.8) is 0 Å². The van der Waals surface area contributed by atoms with E-state index in [1.165, 1.54) is 29.2 Å². The second kappa shape index (κ2) is 9.19. The van der Waals surface area contributed by atoms with Gasteiger partial charge in [0.15, 0.2) is 0 Å². The molecule has 0 spiro atoms. The molecule has 34 heavy (non-hydrogen) atoms. The third-order valence-electron chi connectivity index (χ3n) is 5.59. The van der Waals surface area contributed by atoms with Crippen LogP contribution in [0.4, 0.5) is 11.4 Å². The number of hydrogen-bond donors (Lipinski definition) is 1. The van der Waals surface area contributed by atoms with Gasteiger partial charge in [-0.05, 0) is 55.8 Å². The number of carbonyl (C=O) groups excluding carboxylic acids is 2. The molecule has 8 nitrogen and oxygen atoms in total. The summed E-state index contributed by atoms with van der Waals surface area (Å²) in [5.41, 5.74) is 2.00. The summed E-state index contributed by atoms with van der Waals surface area (Å²) in [6, 6.07) is 18.4. The quantitative estimate of drug-likeness (QED) is 0.184. The Labute approximate surface area is 195 Å². The van der Waals surface area contributed by atoms with Gasteiger partial charge in [-0.3, -0.25) is 24.6 Å². The van der Waals surface area contributed by atoms with Crippen LogP contribution in [0, 0.1) is 17.0 Å². The normalized spacial score (nSPS) is 17.1. The number of nitro benzene ring substituents is 1. The summed E-state index contributed by atoms with van der Waals surface area (Å²) in [6.45, 7) is 4.19. The molecule has 1 N–H and O–H groups in total. The molecule has 3 aromatic carbocycles. The molecule has 1 atom stereocenters. The molecule has 1 unspecified atom stereocenters. The molecule has 1 amide bonds. The van der Waals surface area contributed by atoms with Gasteiger partial charge in [-0.1, -0.05) is 29.8 Å². The van der Waals surface area contributed by atoms with Crippen molar-refractivity contribution in [2.75, 3.05) is 11.5 Å². The van der Waals surface area contributed by atoms with Gasteiger partial charge in [-0.25, -0.2) is 0 Å². The largest absolute Gasteiger partial charge is 0.507 e. The van der Waals surface area contributed by atoms with Crippen LogP contribution >= 0.6 is 0 Å². The average molecular weight is 458 g/mol. The van der Waals surface area contributed by atoms with Gasteiger partial charge in [0.2, 0.25) is 0 Å². The molecule has 0 aromatic heterocycles. The van der Waals surface area contributed by atoms with E-state index in [1.54, 1.807) is 36.4 Å². The number of hydrogen-bond acceptors (Lipinski definition) is 6. The van der Waals surface area contributed by atoms with Gasteiger partial charge < -0.3 is 9.84 Å². The number of non-ortho nitro benzene ring substituents is 1. The first-order chi connectivity index (χ1) is 16.3. The van der Waals surface area contributed by atoms with Crippen LogP contribution in [0.1, 0.15) is 29.7 Å². The van der Waals surface area contributed by atoms with Crippen molar-refractivity contribution >= 4 is 28.8 Å². The van der Waals surface area contributed by atoms with Gasteiger partial charge in [-0.2, -0.15) is 0 Å². The molecule has 0 saturated carbocycles. The smallest absolute Gasteiger partial charge is 0.300 e. The topological polar surface area (TPSA) is 110 Å². The molecule has 1 fully saturated rings. The maximum absolute atomic E-state index is 13.2. The highest BCUT2D eigenvalue weighted by Crippen LogP contribution is 2.43. The number of aliphatic hydroxyl groups excluding tert-OH is 1. The van der Waals surface area contributed by atoms with Crippen molar-refractivity contribution in [3.8, 4) is 5.75 Å². The number of carbonyl (C=O) groups is 2. The number of Topliss-reactive ketones (excluding diaryl/α,β-unsaturated/α-hetero) is 1. The predicted molar refractivity (Wildman–Crippen MR) is 127 cm³/mol. The molecule has 0 bridgehead atoms. The minimum Gasteiger partial charge on any atom is -0.507 e. The lowest BCUT2D eigenvalue weighted by Crippen LogP contribution is -2.29. The Hall–Kier alpha value is -4.46. The molecule has 0 aliphatic carbocycles. The summed E-state index contributed by atoms with van der Waals surface area (Å²) in [5, 5.41) is 22.1. The fraction of sp³-hybridized carbons (Fsp3) is 0.154. The molecular formula is C26H22N2O6.